The van der Waals surface area contributed by atoms with E-state index in [0.29, 0.717) is 11.4 Å². The number of alkyl halides is 3. The lowest BCUT2D eigenvalue weighted by atomic mass is 9.63. The minimum Gasteiger partial charge on any atom is -0.508 e. The summed E-state index contributed by atoms with van der Waals surface area (Å²) >= 11 is 0. The molecular formula is C22H21F4N3O2. The van der Waals surface area contributed by atoms with Gasteiger partial charge in [-0.05, 0) is 42.5 Å². The molecule has 2 aromatic carbocycles. The summed E-state index contributed by atoms with van der Waals surface area (Å²) in [4.78, 5) is 8.07. The van der Waals surface area contributed by atoms with Crippen LogP contribution in [0.1, 0.15) is 43.3 Å². The average molecular weight is 435 g/mol. The zero-order valence-corrected chi connectivity index (χ0v) is 17.0. The second kappa shape index (κ2) is 6.78. The molecule has 0 saturated carbocycles. The van der Waals surface area contributed by atoms with E-state index >= 15 is 0 Å². The smallest absolute Gasteiger partial charge is 0.419 e. The van der Waals surface area contributed by atoms with Crippen LogP contribution in [0.2, 0.25) is 0 Å². The summed E-state index contributed by atoms with van der Waals surface area (Å²) in [5, 5.41) is 24.4. The van der Waals surface area contributed by atoms with Crippen LogP contribution < -0.4 is 5.32 Å². The summed E-state index contributed by atoms with van der Waals surface area (Å²) in [6, 6.07) is 5.00. The Balaban J connectivity index is 1.95. The lowest BCUT2D eigenvalue weighted by Gasteiger charge is -2.49. The Morgan fingerprint density at radius 1 is 1.16 bits per heavy atom. The number of aryl methyl sites for hydroxylation is 1. The number of aromatic nitrogens is 2. The number of hydrogen-bond acceptors (Lipinski definition) is 5. The van der Waals surface area contributed by atoms with Crippen LogP contribution in [0.3, 0.4) is 0 Å². The lowest BCUT2D eigenvalue weighted by molar-refractivity contribution is -0.275. The monoisotopic (exact) mass is 435 g/mol. The fourth-order valence-corrected chi connectivity index (χ4v) is 4.57. The Bertz CT molecular complexity index is 1180. The van der Waals surface area contributed by atoms with E-state index in [1.807, 2.05) is 0 Å². The van der Waals surface area contributed by atoms with Gasteiger partial charge in [-0.2, -0.15) is 13.2 Å². The van der Waals surface area contributed by atoms with E-state index in [0.717, 1.165) is 6.07 Å². The number of nitrogens with one attached hydrogen (secondary N) is 1. The third-order valence-corrected chi connectivity index (χ3v) is 5.86. The van der Waals surface area contributed by atoms with Gasteiger partial charge in [0, 0.05) is 22.8 Å². The van der Waals surface area contributed by atoms with Crippen LogP contribution in [0, 0.1) is 12.7 Å². The van der Waals surface area contributed by atoms with E-state index in [9.17, 15) is 27.8 Å². The summed E-state index contributed by atoms with van der Waals surface area (Å²) in [5.74, 6) is -0.480. The van der Waals surface area contributed by atoms with Crippen LogP contribution in [0.5, 0.6) is 5.75 Å². The van der Waals surface area contributed by atoms with Gasteiger partial charge in [0.15, 0.2) is 5.60 Å². The van der Waals surface area contributed by atoms with Crippen LogP contribution in [0.25, 0.3) is 10.9 Å². The van der Waals surface area contributed by atoms with Gasteiger partial charge in [-0.25, -0.2) is 14.4 Å². The fourth-order valence-electron chi connectivity index (χ4n) is 4.57. The first-order valence-electron chi connectivity index (χ1n) is 9.65. The summed E-state index contributed by atoms with van der Waals surface area (Å²) in [6.07, 6.45) is -4.33. The molecule has 1 aliphatic carbocycles. The lowest BCUT2D eigenvalue weighted by Crippen LogP contribution is -2.58. The van der Waals surface area contributed by atoms with Gasteiger partial charge in [-0.3, -0.25) is 0 Å². The predicted molar refractivity (Wildman–Crippen MR) is 107 cm³/mol. The minimum atomic E-state index is -4.98. The van der Waals surface area contributed by atoms with Crippen LogP contribution in [-0.4, -0.2) is 32.0 Å². The molecule has 9 heteroatoms. The second-order valence-corrected chi connectivity index (χ2v) is 8.58. The number of hydrogen-bond donors (Lipinski definition) is 3. The molecule has 0 amide bonds. The molecule has 3 aromatic rings. The van der Waals surface area contributed by atoms with Crippen molar-refractivity contribution < 1.29 is 27.8 Å². The Morgan fingerprint density at radius 2 is 1.87 bits per heavy atom. The van der Waals surface area contributed by atoms with E-state index in [2.05, 4.69) is 15.3 Å². The van der Waals surface area contributed by atoms with Crippen molar-refractivity contribution in [3.63, 3.8) is 0 Å². The first kappa shape index (κ1) is 21.3. The van der Waals surface area contributed by atoms with Gasteiger partial charge in [0.2, 0.25) is 0 Å². The molecule has 1 heterocycles. The van der Waals surface area contributed by atoms with Crippen molar-refractivity contribution in [2.75, 3.05) is 5.32 Å². The maximum absolute atomic E-state index is 14.3. The highest BCUT2D eigenvalue weighted by Crippen LogP contribution is 2.56. The van der Waals surface area contributed by atoms with E-state index < -0.39 is 35.5 Å². The third kappa shape index (κ3) is 3.27. The number of aliphatic hydroxyl groups is 1. The Morgan fingerprint density at radius 3 is 2.55 bits per heavy atom. The molecule has 3 N–H and O–H groups in total. The quantitative estimate of drug-likeness (QED) is 0.499. The zero-order valence-electron chi connectivity index (χ0n) is 17.0. The van der Waals surface area contributed by atoms with Gasteiger partial charge < -0.3 is 15.5 Å². The number of halogens is 4. The first-order valence-corrected chi connectivity index (χ1v) is 9.65. The Kier molecular flexibility index (Phi) is 4.66. The maximum atomic E-state index is 14.3. The fraction of sp³-hybridized carbons (Fsp3) is 0.364. The molecule has 0 fully saturated rings. The number of phenols is 1. The van der Waals surface area contributed by atoms with E-state index in [4.69, 9.17) is 0 Å². The van der Waals surface area contributed by atoms with E-state index in [1.165, 1.54) is 30.5 Å². The van der Waals surface area contributed by atoms with Crippen molar-refractivity contribution in [2.45, 2.75) is 50.4 Å². The molecule has 31 heavy (non-hydrogen) atoms. The van der Waals surface area contributed by atoms with Gasteiger partial charge in [-0.1, -0.05) is 26.0 Å². The third-order valence-electron chi connectivity index (χ3n) is 5.86. The molecule has 4 rings (SSSR count). The Hall–Kier alpha value is -2.94. The number of benzene rings is 2. The topological polar surface area (TPSA) is 78.3 Å². The highest BCUT2D eigenvalue weighted by Gasteiger charge is 2.64. The number of rotatable bonds is 2. The van der Waals surface area contributed by atoms with Crippen molar-refractivity contribution in [1.82, 2.24) is 9.97 Å². The van der Waals surface area contributed by atoms with Crippen LogP contribution in [0.4, 0.5) is 23.2 Å². The predicted octanol–water partition coefficient (Wildman–Crippen LogP) is 4.91. The van der Waals surface area contributed by atoms with Gasteiger partial charge in [0.05, 0.1) is 6.04 Å². The highest BCUT2D eigenvalue weighted by molar-refractivity contribution is 5.91. The van der Waals surface area contributed by atoms with Crippen LogP contribution in [-0.2, 0) is 5.41 Å². The molecule has 1 aromatic heterocycles. The van der Waals surface area contributed by atoms with Gasteiger partial charge in [0.1, 0.15) is 22.9 Å². The molecule has 2 unspecified atom stereocenters. The zero-order chi connectivity index (χ0) is 22.8. The number of phenolic OH excluding ortho intramolecular Hbond substituents is 1. The normalized spacial score (nSPS) is 22.9. The van der Waals surface area contributed by atoms with Crippen molar-refractivity contribution in [3.8, 4) is 5.75 Å². The van der Waals surface area contributed by atoms with E-state index in [-0.39, 0.29) is 27.9 Å². The average Bonchev–Trinajstić information content (AvgIpc) is 2.65. The molecule has 2 atom stereocenters. The minimum absolute atomic E-state index is 0.0414. The summed E-state index contributed by atoms with van der Waals surface area (Å²) in [5.41, 5.74) is -3.78. The molecular weight excluding hydrogens is 414 g/mol. The van der Waals surface area contributed by atoms with E-state index in [1.54, 1.807) is 20.8 Å². The molecule has 0 saturated heterocycles. The number of nitrogens with zero attached hydrogens (tertiary/aromatic N) is 2. The molecule has 1 aliphatic rings. The summed E-state index contributed by atoms with van der Waals surface area (Å²) < 4.78 is 56.9. The maximum Gasteiger partial charge on any atom is 0.419 e. The number of fused-ring (bicyclic) bond motifs is 2. The first-order chi connectivity index (χ1) is 14.3. The molecule has 0 radical (unpaired) electrons. The molecule has 0 spiro atoms. The van der Waals surface area contributed by atoms with Gasteiger partial charge >= 0.3 is 6.18 Å². The van der Waals surface area contributed by atoms with Crippen molar-refractivity contribution >= 4 is 16.6 Å². The highest BCUT2D eigenvalue weighted by atomic mass is 19.4. The second-order valence-electron chi connectivity index (χ2n) is 8.58. The standard InChI is InChI=1S/C22H21F4N3O2/c1-11-27-9-13-15(8-7-14(23)18(13)28-11)29-19-12-5-4-6-16(30)17(12)20(2,3)10-21(19,31)22(24,25)26/h4-9,19,29-31H,10H2,1-3H3. The van der Waals surface area contributed by atoms with Gasteiger partial charge in [-0.15, -0.1) is 0 Å². The van der Waals surface area contributed by atoms with Crippen LogP contribution >= 0.6 is 0 Å². The van der Waals surface area contributed by atoms with Crippen LogP contribution in [0.15, 0.2) is 36.5 Å². The number of anilines is 1. The number of aromatic hydroxyl groups is 1. The van der Waals surface area contributed by atoms with Crippen molar-refractivity contribution in [3.05, 3.63) is 59.3 Å². The summed E-state index contributed by atoms with van der Waals surface area (Å²) in [6.45, 7) is 4.66. The van der Waals surface area contributed by atoms with Crippen molar-refractivity contribution in [2.24, 2.45) is 0 Å². The molecule has 0 aliphatic heterocycles. The Labute approximate surface area is 175 Å². The van der Waals surface area contributed by atoms with Crippen molar-refractivity contribution in [1.29, 1.82) is 0 Å². The summed E-state index contributed by atoms with van der Waals surface area (Å²) in [7, 11) is 0. The molecule has 5 nitrogen and oxygen atoms in total. The SMILES string of the molecule is Cc1ncc2c(NC3c4cccc(O)c4C(C)(C)CC3(O)C(F)(F)F)ccc(F)c2n1. The largest absolute Gasteiger partial charge is 0.508 e. The molecule has 0 bridgehead atoms. The van der Waals surface area contributed by atoms with Gasteiger partial charge in [0.25, 0.3) is 0 Å². The molecule has 164 valence electrons.